The van der Waals surface area contributed by atoms with Gasteiger partial charge in [0, 0.05) is 40.2 Å². The second-order valence-corrected chi connectivity index (χ2v) is 12.8. The lowest BCUT2D eigenvalue weighted by molar-refractivity contribution is 0.466. The molecule has 1 N–H and O–H groups in total. The topological polar surface area (TPSA) is 52.0 Å². The highest BCUT2D eigenvalue weighted by molar-refractivity contribution is 6.09. The average Bonchev–Trinajstić information content (AvgIpc) is 3.42. The number of hydrogen-bond donors (Lipinski definition) is 1. The van der Waals surface area contributed by atoms with Crippen LogP contribution in [0.5, 0.6) is 11.6 Å². The van der Waals surface area contributed by atoms with E-state index in [4.69, 9.17) is 14.7 Å². The number of nitrogens with zero attached hydrogens (tertiary/aromatic N) is 3. The van der Waals surface area contributed by atoms with E-state index in [9.17, 15) is 0 Å². The van der Waals surface area contributed by atoms with E-state index in [1.165, 1.54) is 10.9 Å². The molecule has 8 aromatic rings. The number of ether oxygens (including phenoxy) is 1. The van der Waals surface area contributed by atoms with Crippen molar-refractivity contribution >= 4 is 44.1 Å². The Kier molecular flexibility index (Phi) is 6.95. The van der Waals surface area contributed by atoms with Gasteiger partial charge in [-0.2, -0.15) is 0 Å². The third kappa shape index (κ3) is 5.36. The number of pyridine rings is 2. The zero-order chi connectivity index (χ0) is 32.0. The van der Waals surface area contributed by atoms with Gasteiger partial charge in [-0.3, -0.25) is 4.57 Å². The Morgan fingerprint density at radius 3 is 2.17 bits per heavy atom. The standard InChI is InChI=1S/C42H34N4O/c1-42(2,3)29-24-25-43-39(26-29)46-37-17-11-10-16-33(37)34-19-18-31(27-38(34)46)47-40-23-21-35-32(28-12-6-4-7-13-28)20-22-36(41(35)45-40)44-30-14-8-5-9-15-30/h4-27,44H,1-3H3. The van der Waals surface area contributed by atoms with Crippen LogP contribution in [0.3, 0.4) is 0 Å². The first-order valence-corrected chi connectivity index (χ1v) is 15.9. The molecular formula is C42H34N4O. The molecular weight excluding hydrogens is 576 g/mol. The van der Waals surface area contributed by atoms with Crippen molar-refractivity contribution in [2.45, 2.75) is 26.2 Å². The summed E-state index contributed by atoms with van der Waals surface area (Å²) in [7, 11) is 0. The highest BCUT2D eigenvalue weighted by atomic mass is 16.5. The fourth-order valence-corrected chi connectivity index (χ4v) is 6.29. The minimum absolute atomic E-state index is 0.00106. The molecule has 0 aliphatic heterocycles. The summed E-state index contributed by atoms with van der Waals surface area (Å²) < 4.78 is 8.77. The third-order valence-electron chi connectivity index (χ3n) is 8.68. The van der Waals surface area contributed by atoms with Gasteiger partial charge >= 0.3 is 0 Å². The van der Waals surface area contributed by atoms with E-state index in [0.29, 0.717) is 11.6 Å². The van der Waals surface area contributed by atoms with Crippen molar-refractivity contribution in [3.63, 3.8) is 0 Å². The highest BCUT2D eigenvalue weighted by Crippen LogP contribution is 2.38. The Hall–Kier alpha value is -5.94. The summed E-state index contributed by atoms with van der Waals surface area (Å²) in [4.78, 5) is 9.91. The molecule has 0 amide bonds. The molecule has 0 spiro atoms. The fourth-order valence-electron chi connectivity index (χ4n) is 6.29. The summed E-state index contributed by atoms with van der Waals surface area (Å²) in [5.74, 6) is 2.11. The Morgan fingerprint density at radius 2 is 1.36 bits per heavy atom. The smallest absolute Gasteiger partial charge is 0.219 e. The molecule has 5 nitrogen and oxygen atoms in total. The van der Waals surface area contributed by atoms with Gasteiger partial charge in [0.1, 0.15) is 11.6 Å². The van der Waals surface area contributed by atoms with Crippen molar-refractivity contribution in [3.05, 3.63) is 151 Å². The summed E-state index contributed by atoms with van der Waals surface area (Å²) >= 11 is 0. The van der Waals surface area contributed by atoms with Gasteiger partial charge in [0.05, 0.1) is 22.2 Å². The van der Waals surface area contributed by atoms with Gasteiger partial charge < -0.3 is 10.1 Å². The van der Waals surface area contributed by atoms with Gasteiger partial charge in [-0.15, -0.1) is 0 Å². The van der Waals surface area contributed by atoms with Crippen molar-refractivity contribution in [1.82, 2.24) is 14.5 Å². The molecule has 0 aliphatic rings. The molecule has 0 saturated heterocycles. The van der Waals surface area contributed by atoms with Crippen molar-refractivity contribution in [2.75, 3.05) is 5.32 Å². The van der Waals surface area contributed by atoms with E-state index < -0.39 is 0 Å². The van der Waals surface area contributed by atoms with Crippen LogP contribution < -0.4 is 10.1 Å². The zero-order valence-electron chi connectivity index (χ0n) is 26.6. The van der Waals surface area contributed by atoms with E-state index in [1.807, 2.05) is 42.6 Å². The first kappa shape index (κ1) is 28.5. The molecule has 0 saturated carbocycles. The van der Waals surface area contributed by atoms with Gasteiger partial charge in [0.25, 0.3) is 0 Å². The van der Waals surface area contributed by atoms with Crippen LogP contribution in [-0.2, 0) is 5.41 Å². The number of rotatable bonds is 6. The molecule has 47 heavy (non-hydrogen) atoms. The molecule has 0 aliphatic carbocycles. The van der Waals surface area contributed by atoms with Gasteiger partial charge in [0.2, 0.25) is 5.88 Å². The number of fused-ring (bicyclic) bond motifs is 4. The van der Waals surface area contributed by atoms with Crippen LogP contribution in [0.1, 0.15) is 26.3 Å². The van der Waals surface area contributed by atoms with E-state index in [0.717, 1.165) is 55.6 Å². The first-order valence-electron chi connectivity index (χ1n) is 15.9. The molecule has 3 heterocycles. The Bertz CT molecular complexity index is 2390. The number of para-hydroxylation sites is 2. The van der Waals surface area contributed by atoms with Crippen LogP contribution in [0.4, 0.5) is 11.4 Å². The predicted octanol–water partition coefficient (Wildman–Crippen LogP) is 11.2. The minimum atomic E-state index is 0.00106. The molecule has 5 aromatic carbocycles. The van der Waals surface area contributed by atoms with Crippen molar-refractivity contribution in [1.29, 1.82) is 0 Å². The van der Waals surface area contributed by atoms with E-state index >= 15 is 0 Å². The molecule has 0 atom stereocenters. The molecule has 0 fully saturated rings. The van der Waals surface area contributed by atoms with Gasteiger partial charge in [-0.05, 0) is 76.7 Å². The number of benzene rings is 5. The lowest BCUT2D eigenvalue weighted by Crippen LogP contribution is -2.12. The van der Waals surface area contributed by atoms with Crippen LogP contribution >= 0.6 is 0 Å². The Balaban J connectivity index is 1.24. The SMILES string of the molecule is CC(C)(C)c1ccnc(-n2c3ccccc3c3ccc(Oc4ccc5c(-c6ccccc6)ccc(Nc6ccccc6)c5n4)cc32)c1. The van der Waals surface area contributed by atoms with Crippen LogP contribution in [0.25, 0.3) is 49.7 Å². The Morgan fingerprint density at radius 1 is 0.638 bits per heavy atom. The van der Waals surface area contributed by atoms with Gasteiger partial charge in [0.15, 0.2) is 0 Å². The second-order valence-electron chi connectivity index (χ2n) is 12.8. The van der Waals surface area contributed by atoms with Crippen LogP contribution in [-0.4, -0.2) is 14.5 Å². The van der Waals surface area contributed by atoms with Crippen molar-refractivity contribution < 1.29 is 4.74 Å². The molecule has 228 valence electrons. The largest absolute Gasteiger partial charge is 0.439 e. The first-order chi connectivity index (χ1) is 22.9. The van der Waals surface area contributed by atoms with Crippen molar-refractivity contribution in [2.24, 2.45) is 0 Å². The molecule has 3 aromatic heterocycles. The maximum absolute atomic E-state index is 6.54. The summed E-state index contributed by atoms with van der Waals surface area (Å²) in [5.41, 5.74) is 8.38. The fraction of sp³-hybridized carbons (Fsp3) is 0.0952. The lowest BCUT2D eigenvalue weighted by Gasteiger charge is -2.20. The highest BCUT2D eigenvalue weighted by Gasteiger charge is 2.19. The Labute approximate surface area is 274 Å². The molecule has 0 bridgehead atoms. The van der Waals surface area contributed by atoms with Gasteiger partial charge in [-0.25, -0.2) is 9.97 Å². The number of hydrogen-bond acceptors (Lipinski definition) is 4. The number of nitrogens with one attached hydrogen (secondary N) is 1. The molecule has 8 rings (SSSR count). The lowest BCUT2D eigenvalue weighted by atomic mass is 9.88. The predicted molar refractivity (Wildman–Crippen MR) is 194 cm³/mol. The van der Waals surface area contributed by atoms with Gasteiger partial charge in [-0.1, -0.05) is 93.6 Å². The quantitative estimate of drug-likeness (QED) is 0.203. The molecule has 0 radical (unpaired) electrons. The van der Waals surface area contributed by atoms with E-state index in [-0.39, 0.29) is 5.41 Å². The van der Waals surface area contributed by atoms with Crippen LogP contribution in [0, 0.1) is 0 Å². The summed E-state index contributed by atoms with van der Waals surface area (Å²) in [6.45, 7) is 6.68. The monoisotopic (exact) mass is 610 g/mol. The zero-order valence-corrected chi connectivity index (χ0v) is 26.6. The van der Waals surface area contributed by atoms with Crippen LogP contribution in [0.15, 0.2) is 146 Å². The minimum Gasteiger partial charge on any atom is -0.439 e. The molecule has 0 unspecified atom stereocenters. The van der Waals surface area contributed by atoms with E-state index in [2.05, 4.69) is 134 Å². The normalized spacial score (nSPS) is 11.7. The number of anilines is 2. The van der Waals surface area contributed by atoms with Crippen LogP contribution in [0.2, 0.25) is 0 Å². The summed E-state index contributed by atoms with van der Waals surface area (Å²) in [6, 6.07) is 47.9. The third-order valence-corrected chi connectivity index (χ3v) is 8.68. The van der Waals surface area contributed by atoms with Crippen molar-refractivity contribution in [3.8, 4) is 28.6 Å². The van der Waals surface area contributed by atoms with E-state index in [1.54, 1.807) is 0 Å². The number of aromatic nitrogens is 3. The maximum atomic E-state index is 6.54. The summed E-state index contributed by atoms with van der Waals surface area (Å²) in [5, 5.41) is 6.93. The average molecular weight is 611 g/mol. The second kappa shape index (κ2) is 11.5. The summed E-state index contributed by atoms with van der Waals surface area (Å²) in [6.07, 6.45) is 1.90. The maximum Gasteiger partial charge on any atom is 0.219 e. The molecule has 5 heteroatoms.